The number of nitrogens with one attached hydrogen (secondary N) is 2. The molecule has 2 N–H and O–H groups in total. The molecule has 0 aliphatic carbocycles. The zero-order valence-electron chi connectivity index (χ0n) is 14.5. The van der Waals surface area contributed by atoms with Crippen LogP contribution in [-0.2, 0) is 22.4 Å². The minimum atomic E-state index is -0.957. The Morgan fingerprint density at radius 3 is 2.27 bits per heavy atom. The van der Waals surface area contributed by atoms with Crippen LogP contribution >= 0.6 is 11.6 Å². The van der Waals surface area contributed by atoms with E-state index in [1.807, 2.05) is 32.0 Å². The molecule has 7 heteroatoms. The van der Waals surface area contributed by atoms with Crippen molar-refractivity contribution in [3.05, 3.63) is 63.9 Å². The Balaban J connectivity index is 2.07. The summed E-state index contributed by atoms with van der Waals surface area (Å²) in [6.07, 6.45) is 2.49. The first-order chi connectivity index (χ1) is 12.5. The van der Waals surface area contributed by atoms with Crippen LogP contribution in [0.1, 0.15) is 30.5 Å². The van der Waals surface area contributed by atoms with Crippen LogP contribution < -0.4 is 10.7 Å². The van der Waals surface area contributed by atoms with Gasteiger partial charge in [0.05, 0.1) is 11.2 Å². The van der Waals surface area contributed by atoms with Crippen LogP contribution in [-0.4, -0.2) is 18.0 Å². The predicted octanol–water partition coefficient (Wildman–Crippen LogP) is 3.69. The Bertz CT molecular complexity index is 810. The van der Waals surface area contributed by atoms with E-state index in [1.165, 1.54) is 18.2 Å². The summed E-state index contributed by atoms with van der Waals surface area (Å²) in [5, 5.41) is 6.38. The molecule has 26 heavy (non-hydrogen) atoms. The summed E-state index contributed by atoms with van der Waals surface area (Å²) < 4.78 is 13.6. The average molecular weight is 376 g/mol. The van der Waals surface area contributed by atoms with Crippen molar-refractivity contribution in [2.75, 3.05) is 5.32 Å². The molecule has 2 aromatic rings. The number of anilines is 1. The highest BCUT2D eigenvalue weighted by Crippen LogP contribution is 2.22. The van der Waals surface area contributed by atoms with Gasteiger partial charge in [0.15, 0.2) is 0 Å². The number of hydrogen-bond donors (Lipinski definition) is 2. The third kappa shape index (κ3) is 4.67. The van der Waals surface area contributed by atoms with E-state index in [1.54, 1.807) is 0 Å². The molecule has 2 amide bonds. The van der Waals surface area contributed by atoms with E-state index < -0.39 is 17.6 Å². The van der Waals surface area contributed by atoms with Crippen molar-refractivity contribution in [1.82, 2.24) is 5.43 Å². The average Bonchev–Trinajstić information content (AvgIpc) is 2.64. The van der Waals surface area contributed by atoms with Crippen LogP contribution in [0.4, 0.5) is 10.1 Å². The van der Waals surface area contributed by atoms with E-state index in [4.69, 9.17) is 11.6 Å². The molecule has 0 aliphatic heterocycles. The minimum Gasteiger partial charge on any atom is -0.317 e. The van der Waals surface area contributed by atoms with Gasteiger partial charge in [-0.15, -0.1) is 0 Å². The van der Waals surface area contributed by atoms with Crippen molar-refractivity contribution in [3.63, 3.8) is 0 Å². The molecule has 0 saturated heterocycles. The summed E-state index contributed by atoms with van der Waals surface area (Å²) in [5.41, 5.74) is 4.61. The normalized spacial score (nSPS) is 10.8. The number of amides is 2. The van der Waals surface area contributed by atoms with Crippen LogP contribution in [0, 0.1) is 5.82 Å². The summed E-state index contributed by atoms with van der Waals surface area (Å²) in [7, 11) is 0. The van der Waals surface area contributed by atoms with Gasteiger partial charge in [0.2, 0.25) is 0 Å². The zero-order valence-corrected chi connectivity index (χ0v) is 15.2. The highest BCUT2D eigenvalue weighted by molar-refractivity contribution is 6.39. The van der Waals surface area contributed by atoms with Gasteiger partial charge in [-0.2, -0.15) is 5.10 Å². The number of hydrogen-bond acceptors (Lipinski definition) is 3. The summed E-state index contributed by atoms with van der Waals surface area (Å²) in [4.78, 5) is 24.1. The lowest BCUT2D eigenvalue weighted by Gasteiger charge is -2.13. The second-order valence-electron chi connectivity index (χ2n) is 5.45. The van der Waals surface area contributed by atoms with Gasteiger partial charge in [-0.3, -0.25) is 9.59 Å². The summed E-state index contributed by atoms with van der Waals surface area (Å²) >= 11 is 5.86. The number of nitrogens with zero attached hydrogens (tertiary/aromatic N) is 1. The molecular weight excluding hydrogens is 357 g/mol. The number of aryl methyl sites for hydroxylation is 2. The van der Waals surface area contributed by atoms with E-state index in [9.17, 15) is 14.0 Å². The maximum Gasteiger partial charge on any atom is 0.329 e. The molecular formula is C19H19ClFN3O2. The standard InChI is InChI=1S/C19H19ClFN3O2/c1-3-12-7-5-8-13(4-2)17(12)23-18(25)19(26)24-22-11-14-15(20)9-6-10-16(14)21/h5-11H,3-4H2,1-2H3,(H,23,25)(H,24,26)/b22-11-. The minimum absolute atomic E-state index is 0.0273. The fourth-order valence-electron chi connectivity index (χ4n) is 2.41. The fourth-order valence-corrected chi connectivity index (χ4v) is 2.63. The number of rotatable bonds is 5. The van der Waals surface area contributed by atoms with Crippen LogP contribution in [0.15, 0.2) is 41.5 Å². The van der Waals surface area contributed by atoms with Crippen molar-refractivity contribution in [3.8, 4) is 0 Å². The third-order valence-corrected chi connectivity index (χ3v) is 4.13. The Morgan fingerprint density at radius 1 is 1.08 bits per heavy atom. The first kappa shape index (κ1) is 19.6. The third-order valence-electron chi connectivity index (χ3n) is 3.80. The van der Waals surface area contributed by atoms with E-state index in [0.717, 1.165) is 30.2 Å². The lowest BCUT2D eigenvalue weighted by Crippen LogP contribution is -2.33. The quantitative estimate of drug-likeness (QED) is 0.475. The number of para-hydroxylation sites is 1. The summed E-state index contributed by atoms with van der Waals surface area (Å²) in [5.74, 6) is -2.39. The summed E-state index contributed by atoms with van der Waals surface area (Å²) in [6, 6.07) is 9.87. The molecule has 0 heterocycles. The van der Waals surface area contributed by atoms with Gasteiger partial charge in [-0.1, -0.05) is 49.7 Å². The molecule has 2 aromatic carbocycles. The van der Waals surface area contributed by atoms with Gasteiger partial charge in [-0.25, -0.2) is 9.82 Å². The molecule has 0 aliphatic rings. The van der Waals surface area contributed by atoms with E-state index in [0.29, 0.717) is 5.69 Å². The fraction of sp³-hybridized carbons (Fsp3) is 0.211. The van der Waals surface area contributed by atoms with E-state index in [2.05, 4.69) is 15.8 Å². The monoisotopic (exact) mass is 375 g/mol. The molecule has 0 bridgehead atoms. The van der Waals surface area contributed by atoms with Crippen LogP contribution in [0.3, 0.4) is 0 Å². The van der Waals surface area contributed by atoms with Gasteiger partial charge < -0.3 is 5.32 Å². The topological polar surface area (TPSA) is 70.6 Å². The SMILES string of the molecule is CCc1cccc(CC)c1NC(=O)C(=O)N/N=C\c1c(F)cccc1Cl. The molecule has 0 saturated carbocycles. The molecule has 0 aromatic heterocycles. The molecule has 0 atom stereocenters. The Morgan fingerprint density at radius 2 is 1.69 bits per heavy atom. The van der Waals surface area contributed by atoms with Crippen molar-refractivity contribution < 1.29 is 14.0 Å². The first-order valence-electron chi connectivity index (χ1n) is 8.17. The van der Waals surface area contributed by atoms with Gasteiger partial charge in [0.25, 0.3) is 0 Å². The van der Waals surface area contributed by atoms with Crippen LogP contribution in [0.5, 0.6) is 0 Å². The molecule has 0 radical (unpaired) electrons. The molecule has 0 unspecified atom stereocenters. The highest BCUT2D eigenvalue weighted by atomic mass is 35.5. The Labute approximate surface area is 156 Å². The summed E-state index contributed by atoms with van der Waals surface area (Å²) in [6.45, 7) is 3.93. The highest BCUT2D eigenvalue weighted by Gasteiger charge is 2.16. The lowest BCUT2D eigenvalue weighted by atomic mass is 10.0. The zero-order chi connectivity index (χ0) is 19.1. The van der Waals surface area contributed by atoms with Crippen LogP contribution in [0.25, 0.3) is 0 Å². The van der Waals surface area contributed by atoms with Crippen LogP contribution in [0.2, 0.25) is 5.02 Å². The molecule has 0 fully saturated rings. The van der Waals surface area contributed by atoms with Gasteiger partial charge in [0, 0.05) is 11.3 Å². The second-order valence-corrected chi connectivity index (χ2v) is 5.85. The smallest absolute Gasteiger partial charge is 0.317 e. The van der Waals surface area contributed by atoms with Crippen molar-refractivity contribution >= 4 is 35.3 Å². The van der Waals surface area contributed by atoms with Crippen molar-refractivity contribution in [2.45, 2.75) is 26.7 Å². The predicted molar refractivity (Wildman–Crippen MR) is 101 cm³/mol. The van der Waals surface area contributed by atoms with Gasteiger partial charge in [0.1, 0.15) is 5.82 Å². The van der Waals surface area contributed by atoms with Gasteiger partial charge in [-0.05, 0) is 36.1 Å². The molecule has 136 valence electrons. The van der Waals surface area contributed by atoms with E-state index >= 15 is 0 Å². The maximum absolute atomic E-state index is 13.6. The largest absolute Gasteiger partial charge is 0.329 e. The number of carbonyl (C=O) groups is 2. The molecule has 0 spiro atoms. The van der Waals surface area contributed by atoms with Crippen molar-refractivity contribution in [1.29, 1.82) is 0 Å². The van der Waals surface area contributed by atoms with E-state index in [-0.39, 0.29) is 10.6 Å². The number of carbonyl (C=O) groups excluding carboxylic acids is 2. The molecule has 2 rings (SSSR count). The number of halogens is 2. The Kier molecular flexibility index (Phi) is 6.86. The maximum atomic E-state index is 13.6. The number of hydrazone groups is 1. The first-order valence-corrected chi connectivity index (χ1v) is 8.54. The van der Waals surface area contributed by atoms with Gasteiger partial charge >= 0.3 is 11.8 Å². The number of benzene rings is 2. The molecule has 5 nitrogen and oxygen atoms in total. The second kappa shape index (κ2) is 9.10. The Hall–Kier alpha value is -2.73. The van der Waals surface area contributed by atoms with Crippen molar-refractivity contribution in [2.24, 2.45) is 5.10 Å². The lowest BCUT2D eigenvalue weighted by molar-refractivity contribution is -0.136.